The molecular weight excluding hydrogens is 260 g/mol. The van der Waals surface area contributed by atoms with Gasteiger partial charge in [-0.05, 0) is 28.1 Å². The molecule has 0 atom stereocenters. The summed E-state index contributed by atoms with van der Waals surface area (Å²) in [6.07, 6.45) is -3.80. The average molecular weight is 264 g/mol. The number of alkyl halides is 2. The Hall–Kier alpha value is -1.17. The van der Waals surface area contributed by atoms with Gasteiger partial charge in [0.2, 0.25) is 0 Å². The van der Waals surface area contributed by atoms with Crippen molar-refractivity contribution in [1.29, 1.82) is 0 Å². The van der Waals surface area contributed by atoms with Crippen LogP contribution in [0.25, 0.3) is 0 Å². The third kappa shape index (κ3) is 1.35. The fourth-order valence-corrected chi connectivity index (χ4v) is 1.53. The second-order valence-corrected chi connectivity index (χ2v) is 3.54. The first-order chi connectivity index (χ1) is 6.50. The third-order valence-corrected chi connectivity index (χ3v) is 2.38. The van der Waals surface area contributed by atoms with E-state index in [9.17, 15) is 13.6 Å². The van der Waals surface area contributed by atoms with Crippen LogP contribution >= 0.6 is 15.9 Å². The van der Waals surface area contributed by atoms with Crippen LogP contribution in [0.5, 0.6) is 5.75 Å². The summed E-state index contributed by atoms with van der Waals surface area (Å²) in [6, 6.07) is 4.51. The quantitative estimate of drug-likeness (QED) is 0.781. The Morgan fingerprint density at radius 1 is 1.43 bits per heavy atom. The zero-order chi connectivity index (χ0) is 10.3. The largest absolute Gasteiger partial charge is 0.482 e. The molecule has 0 aromatic heterocycles. The molecule has 1 heterocycles. The molecule has 1 N–H and O–H groups in total. The molecule has 1 aromatic carbocycles. The predicted octanol–water partition coefficient (Wildman–Crippen LogP) is 2.37. The van der Waals surface area contributed by atoms with Gasteiger partial charge >= 0.3 is 12.0 Å². The minimum absolute atomic E-state index is 0.0519. The number of halogens is 3. The lowest BCUT2D eigenvalue weighted by atomic mass is 10.2. The highest BCUT2D eigenvalue weighted by Crippen LogP contribution is 2.39. The van der Waals surface area contributed by atoms with Gasteiger partial charge in [-0.25, -0.2) is 0 Å². The first-order valence-electron chi connectivity index (χ1n) is 3.67. The van der Waals surface area contributed by atoms with E-state index in [2.05, 4.69) is 26.0 Å². The van der Waals surface area contributed by atoms with Gasteiger partial charge < -0.3 is 10.1 Å². The van der Waals surface area contributed by atoms with Crippen molar-refractivity contribution in [3.63, 3.8) is 0 Å². The molecule has 0 bridgehead atoms. The van der Waals surface area contributed by atoms with Crippen LogP contribution in [-0.2, 0) is 4.79 Å². The Labute approximate surface area is 86.2 Å². The molecule has 0 spiro atoms. The number of amides is 1. The second-order valence-electron chi connectivity index (χ2n) is 2.69. The molecule has 1 aliphatic heterocycles. The molecule has 0 saturated heterocycles. The summed E-state index contributed by atoms with van der Waals surface area (Å²) < 4.78 is 30.3. The van der Waals surface area contributed by atoms with Crippen LogP contribution < -0.4 is 10.1 Å². The summed E-state index contributed by atoms with van der Waals surface area (Å²) in [4.78, 5) is 10.8. The van der Waals surface area contributed by atoms with Gasteiger partial charge in [-0.2, -0.15) is 8.78 Å². The number of fused-ring (bicyclic) bond motifs is 1. The molecule has 0 fully saturated rings. The highest BCUT2D eigenvalue weighted by molar-refractivity contribution is 9.10. The number of nitrogens with one attached hydrogen (secondary N) is 1. The van der Waals surface area contributed by atoms with Crippen LogP contribution in [0.15, 0.2) is 22.7 Å². The minimum atomic E-state index is -3.80. The standard InChI is InChI=1S/C8H4BrF2NO2/c9-4-2-1-3-5-6(4)12-7(13)8(10,11)14-5/h1-3H,(H,12,13). The van der Waals surface area contributed by atoms with Gasteiger partial charge in [0.15, 0.2) is 5.75 Å². The first kappa shape index (κ1) is 9.39. The van der Waals surface area contributed by atoms with E-state index in [-0.39, 0.29) is 11.4 Å². The van der Waals surface area contributed by atoms with Crippen molar-refractivity contribution < 1.29 is 18.3 Å². The Bertz CT molecular complexity index is 408. The monoisotopic (exact) mass is 263 g/mol. The molecule has 0 saturated carbocycles. The van der Waals surface area contributed by atoms with Gasteiger partial charge in [0.1, 0.15) is 0 Å². The second kappa shape index (κ2) is 2.91. The SMILES string of the molecule is O=C1Nc2c(Br)cccc2OC1(F)F. The number of para-hydroxylation sites is 1. The summed E-state index contributed by atoms with van der Waals surface area (Å²) in [5.41, 5.74) is 0.225. The predicted molar refractivity (Wildman–Crippen MR) is 48.3 cm³/mol. The number of anilines is 1. The van der Waals surface area contributed by atoms with Gasteiger partial charge in [0, 0.05) is 4.47 Å². The maximum Gasteiger partial charge on any atom is 0.482 e. The molecule has 1 aromatic rings. The van der Waals surface area contributed by atoms with Crippen LogP contribution in [0.1, 0.15) is 0 Å². The molecule has 1 amide bonds. The van der Waals surface area contributed by atoms with Crippen molar-refractivity contribution in [3.05, 3.63) is 22.7 Å². The van der Waals surface area contributed by atoms with E-state index in [0.29, 0.717) is 4.47 Å². The molecule has 3 nitrogen and oxygen atoms in total. The summed E-state index contributed by atoms with van der Waals surface area (Å²) >= 11 is 3.11. The molecule has 1 aliphatic rings. The molecule has 14 heavy (non-hydrogen) atoms. The number of hydrogen-bond donors (Lipinski definition) is 1. The van der Waals surface area contributed by atoms with Gasteiger partial charge in [-0.1, -0.05) is 6.07 Å². The van der Waals surface area contributed by atoms with E-state index < -0.39 is 12.0 Å². The summed E-state index contributed by atoms with van der Waals surface area (Å²) in [7, 11) is 0. The fraction of sp³-hybridized carbons (Fsp3) is 0.125. The van der Waals surface area contributed by atoms with E-state index in [1.165, 1.54) is 12.1 Å². The van der Waals surface area contributed by atoms with Gasteiger partial charge in [0.05, 0.1) is 5.69 Å². The van der Waals surface area contributed by atoms with E-state index in [1.54, 1.807) is 6.07 Å². The van der Waals surface area contributed by atoms with Gasteiger partial charge in [-0.3, -0.25) is 4.79 Å². The summed E-state index contributed by atoms with van der Waals surface area (Å²) in [6.45, 7) is 0. The zero-order valence-electron chi connectivity index (χ0n) is 6.68. The van der Waals surface area contributed by atoms with E-state index in [0.717, 1.165) is 0 Å². The molecule has 0 aliphatic carbocycles. The van der Waals surface area contributed by atoms with Crippen LogP contribution in [0.2, 0.25) is 0 Å². The summed E-state index contributed by atoms with van der Waals surface area (Å²) in [5, 5.41) is 2.06. The maximum atomic E-state index is 12.8. The lowest BCUT2D eigenvalue weighted by Crippen LogP contribution is -2.43. The zero-order valence-corrected chi connectivity index (χ0v) is 8.27. The van der Waals surface area contributed by atoms with Crippen LogP contribution in [-0.4, -0.2) is 12.0 Å². The van der Waals surface area contributed by atoms with Crippen molar-refractivity contribution >= 4 is 27.5 Å². The van der Waals surface area contributed by atoms with Crippen molar-refractivity contribution in [3.8, 4) is 5.75 Å². The number of carbonyl (C=O) groups excluding carboxylic acids is 1. The first-order valence-corrected chi connectivity index (χ1v) is 4.47. The van der Waals surface area contributed by atoms with Crippen molar-refractivity contribution in [2.75, 3.05) is 5.32 Å². The topological polar surface area (TPSA) is 38.3 Å². The maximum absolute atomic E-state index is 12.8. The van der Waals surface area contributed by atoms with Crippen molar-refractivity contribution in [2.24, 2.45) is 0 Å². The van der Waals surface area contributed by atoms with E-state index in [4.69, 9.17) is 0 Å². The smallest absolute Gasteiger partial charge is 0.423 e. The number of rotatable bonds is 0. The third-order valence-electron chi connectivity index (χ3n) is 1.72. The van der Waals surface area contributed by atoms with Crippen LogP contribution in [0, 0.1) is 0 Å². The molecule has 6 heteroatoms. The normalized spacial score (nSPS) is 18.1. The number of carbonyl (C=O) groups is 1. The number of hydrogen-bond acceptors (Lipinski definition) is 2. The highest BCUT2D eigenvalue weighted by atomic mass is 79.9. The Kier molecular flexibility index (Phi) is 1.95. The van der Waals surface area contributed by atoms with E-state index >= 15 is 0 Å². The lowest BCUT2D eigenvalue weighted by Gasteiger charge is -2.25. The van der Waals surface area contributed by atoms with Crippen molar-refractivity contribution in [1.82, 2.24) is 0 Å². The lowest BCUT2D eigenvalue weighted by molar-refractivity contribution is -0.189. The molecule has 0 unspecified atom stereocenters. The average Bonchev–Trinajstić information content (AvgIpc) is 2.08. The van der Waals surface area contributed by atoms with Crippen LogP contribution in [0.3, 0.4) is 0 Å². The fourth-order valence-electron chi connectivity index (χ4n) is 1.08. The van der Waals surface area contributed by atoms with Gasteiger partial charge in [-0.15, -0.1) is 0 Å². The van der Waals surface area contributed by atoms with Crippen molar-refractivity contribution in [2.45, 2.75) is 6.11 Å². The Morgan fingerprint density at radius 3 is 2.86 bits per heavy atom. The Balaban J connectivity index is 2.51. The molecule has 2 rings (SSSR count). The molecular formula is C8H4BrF2NO2. The van der Waals surface area contributed by atoms with Crippen LogP contribution in [0.4, 0.5) is 14.5 Å². The molecule has 74 valence electrons. The number of ether oxygens (including phenoxy) is 1. The van der Waals surface area contributed by atoms with Gasteiger partial charge in [0.25, 0.3) is 0 Å². The number of benzene rings is 1. The minimum Gasteiger partial charge on any atom is -0.423 e. The highest BCUT2D eigenvalue weighted by Gasteiger charge is 2.46. The Morgan fingerprint density at radius 2 is 2.14 bits per heavy atom. The van der Waals surface area contributed by atoms with E-state index in [1.807, 2.05) is 0 Å². The summed E-state index contributed by atoms with van der Waals surface area (Å²) in [5.74, 6) is -1.51. The molecule has 0 radical (unpaired) electrons.